The Hall–Kier alpha value is -3.18. The Morgan fingerprint density at radius 2 is 1.75 bits per heavy atom. The van der Waals surface area contributed by atoms with Crippen LogP contribution < -0.4 is 14.9 Å². The lowest BCUT2D eigenvalue weighted by Gasteiger charge is -2.27. The smallest absolute Gasteiger partial charge is 0.106 e. The van der Waals surface area contributed by atoms with Gasteiger partial charge < -0.3 is 19.7 Å². The van der Waals surface area contributed by atoms with Crippen LogP contribution >= 0.6 is 0 Å². The molecule has 0 bridgehead atoms. The number of quaternary nitrogens is 1. The Balaban J connectivity index is 1.77. The Bertz CT molecular complexity index is 1150. The lowest BCUT2D eigenvalue weighted by molar-refractivity contribution is -0.887. The summed E-state index contributed by atoms with van der Waals surface area (Å²) in [5.41, 5.74) is 5.93. The van der Waals surface area contributed by atoms with E-state index < -0.39 is 5.97 Å². The number of para-hydroxylation sites is 1. The summed E-state index contributed by atoms with van der Waals surface area (Å²) < 4.78 is 0. The summed E-state index contributed by atoms with van der Waals surface area (Å²) in [5, 5.41) is 12.7. The van der Waals surface area contributed by atoms with E-state index in [9.17, 15) is 9.90 Å². The van der Waals surface area contributed by atoms with Crippen LogP contribution in [0.25, 0.3) is 22.6 Å². The van der Waals surface area contributed by atoms with Gasteiger partial charge in [0, 0.05) is 40.9 Å². The van der Waals surface area contributed by atoms with E-state index in [1.54, 1.807) is 0 Å². The molecule has 5 nitrogen and oxygen atoms in total. The van der Waals surface area contributed by atoms with Crippen molar-refractivity contribution in [3.05, 3.63) is 70.9 Å². The topological polar surface area (TPSA) is 60.7 Å². The van der Waals surface area contributed by atoms with E-state index in [4.69, 9.17) is 4.98 Å². The number of hydrogen-bond donors (Lipinski definition) is 1. The number of rotatable bonds is 7. The zero-order chi connectivity index (χ0) is 22.7. The summed E-state index contributed by atoms with van der Waals surface area (Å²) in [6, 6.07) is 16.1. The largest absolute Gasteiger partial charge is 0.545 e. The number of carboxylic acid groups (broad SMARTS) is 1. The van der Waals surface area contributed by atoms with E-state index in [0.717, 1.165) is 54.9 Å². The summed E-state index contributed by atoms with van der Waals surface area (Å²) >= 11 is 0. The maximum absolute atomic E-state index is 12.1. The molecule has 0 aliphatic carbocycles. The number of nitrogens with one attached hydrogen (secondary N) is 1. The first-order valence-corrected chi connectivity index (χ1v) is 11.5. The summed E-state index contributed by atoms with van der Waals surface area (Å²) in [4.78, 5) is 20.6. The molecule has 1 aliphatic heterocycles. The third kappa shape index (κ3) is 4.39. The van der Waals surface area contributed by atoms with Crippen LogP contribution in [0.2, 0.25) is 0 Å². The maximum atomic E-state index is 12.1. The average Bonchev–Trinajstić information content (AvgIpc) is 2.78. The van der Waals surface area contributed by atoms with Crippen LogP contribution in [0.15, 0.2) is 48.5 Å². The molecule has 1 N–H and O–H groups in total. The Morgan fingerprint density at radius 3 is 2.41 bits per heavy atom. The summed E-state index contributed by atoms with van der Waals surface area (Å²) in [6.45, 7) is 7.94. The van der Waals surface area contributed by atoms with Crippen molar-refractivity contribution >= 4 is 34.2 Å². The van der Waals surface area contributed by atoms with Gasteiger partial charge in [-0.25, -0.2) is 4.98 Å². The van der Waals surface area contributed by atoms with Gasteiger partial charge in [0.2, 0.25) is 0 Å². The standard InChI is InChI=1S/C27H31N3O2/c1-4-14-30(15-5-2)21-12-10-19(11-13-21)16-20-17-29(3)18-23-25(27(31)32)22-8-6-7-9-24(22)28-26(20)23/h6-13,16H,4-5,14-15,17-18H2,1-3H3,(H,31,32)/b20-16+. The summed E-state index contributed by atoms with van der Waals surface area (Å²) in [7, 11) is 2.08. The second kappa shape index (κ2) is 9.53. The van der Waals surface area contributed by atoms with Gasteiger partial charge in [0.1, 0.15) is 13.1 Å². The minimum Gasteiger partial charge on any atom is -0.545 e. The van der Waals surface area contributed by atoms with Gasteiger partial charge in [0.05, 0.1) is 24.2 Å². The molecule has 32 heavy (non-hydrogen) atoms. The highest BCUT2D eigenvalue weighted by atomic mass is 16.4. The van der Waals surface area contributed by atoms with Crippen LogP contribution in [0.3, 0.4) is 0 Å². The molecule has 0 spiro atoms. The maximum Gasteiger partial charge on any atom is 0.106 e. The van der Waals surface area contributed by atoms with E-state index in [2.05, 4.69) is 56.1 Å². The van der Waals surface area contributed by atoms with Gasteiger partial charge >= 0.3 is 0 Å². The highest BCUT2D eigenvalue weighted by molar-refractivity contribution is 6.05. The molecule has 0 fully saturated rings. The van der Waals surface area contributed by atoms with Gasteiger partial charge in [-0.3, -0.25) is 0 Å². The molecule has 3 aromatic rings. The molecule has 4 rings (SSSR count). The first-order chi connectivity index (χ1) is 15.5. The normalized spacial score (nSPS) is 16.8. The van der Waals surface area contributed by atoms with Crippen molar-refractivity contribution in [3.8, 4) is 0 Å². The van der Waals surface area contributed by atoms with Crippen LogP contribution in [-0.2, 0) is 6.54 Å². The fourth-order valence-corrected chi connectivity index (χ4v) is 4.71. The first-order valence-electron chi connectivity index (χ1n) is 11.5. The fourth-order valence-electron chi connectivity index (χ4n) is 4.71. The Kier molecular flexibility index (Phi) is 6.56. The lowest BCUT2D eigenvalue weighted by Crippen LogP contribution is -3.08. The summed E-state index contributed by atoms with van der Waals surface area (Å²) in [6.07, 6.45) is 4.40. The van der Waals surface area contributed by atoms with Crippen LogP contribution in [0.5, 0.6) is 0 Å². The molecule has 1 aromatic heterocycles. The molecule has 0 saturated heterocycles. The molecule has 1 aliphatic rings. The van der Waals surface area contributed by atoms with Gasteiger partial charge in [0.25, 0.3) is 0 Å². The van der Waals surface area contributed by atoms with Gasteiger partial charge in [-0.15, -0.1) is 0 Å². The highest BCUT2D eigenvalue weighted by Crippen LogP contribution is 2.30. The number of pyridine rings is 1. The van der Waals surface area contributed by atoms with E-state index in [0.29, 0.717) is 17.4 Å². The minimum atomic E-state index is -1.13. The van der Waals surface area contributed by atoms with Crippen LogP contribution in [0, 0.1) is 0 Å². The van der Waals surface area contributed by atoms with Crippen molar-refractivity contribution in [2.75, 3.05) is 31.6 Å². The number of carbonyl (C=O) groups is 1. The minimum absolute atomic E-state index is 0.278. The van der Waals surface area contributed by atoms with Crippen molar-refractivity contribution in [1.29, 1.82) is 0 Å². The third-order valence-electron chi connectivity index (χ3n) is 6.06. The molecule has 5 heteroatoms. The molecular weight excluding hydrogens is 398 g/mol. The lowest BCUT2D eigenvalue weighted by atomic mass is 9.92. The van der Waals surface area contributed by atoms with Gasteiger partial charge in [-0.1, -0.05) is 44.2 Å². The fraction of sp³-hybridized carbons (Fsp3) is 0.333. The second-order valence-electron chi connectivity index (χ2n) is 8.68. The van der Waals surface area contributed by atoms with Crippen molar-refractivity contribution in [2.24, 2.45) is 0 Å². The molecular formula is C27H31N3O2. The number of aromatic carboxylic acids is 1. The Labute approximate surface area is 190 Å². The van der Waals surface area contributed by atoms with Crippen molar-refractivity contribution < 1.29 is 14.8 Å². The van der Waals surface area contributed by atoms with Gasteiger partial charge in [-0.05, 0) is 42.7 Å². The molecule has 0 saturated carbocycles. The Morgan fingerprint density at radius 1 is 1.06 bits per heavy atom. The summed E-state index contributed by atoms with van der Waals surface area (Å²) in [5.74, 6) is -1.13. The van der Waals surface area contributed by atoms with E-state index in [1.165, 1.54) is 10.6 Å². The number of benzene rings is 2. The van der Waals surface area contributed by atoms with Crippen LogP contribution in [-0.4, -0.2) is 37.6 Å². The molecule has 2 aromatic carbocycles. The number of fused-ring (bicyclic) bond motifs is 2. The average molecular weight is 430 g/mol. The quantitative estimate of drug-likeness (QED) is 0.627. The molecule has 2 heterocycles. The first kappa shape index (κ1) is 22.0. The zero-order valence-electron chi connectivity index (χ0n) is 19.1. The highest BCUT2D eigenvalue weighted by Gasteiger charge is 2.27. The number of aromatic nitrogens is 1. The third-order valence-corrected chi connectivity index (χ3v) is 6.06. The number of anilines is 1. The monoisotopic (exact) mass is 429 g/mol. The SMILES string of the molecule is CCCN(CCC)c1ccc(/C=C2\C[NH+](C)Cc3c2nc2ccccc2c3C(=O)[O-])cc1. The molecule has 0 radical (unpaired) electrons. The number of nitrogens with zero attached hydrogens (tertiary/aromatic N) is 2. The van der Waals surface area contributed by atoms with E-state index >= 15 is 0 Å². The van der Waals surface area contributed by atoms with Crippen molar-refractivity contribution in [1.82, 2.24) is 4.98 Å². The van der Waals surface area contributed by atoms with E-state index in [1.807, 2.05) is 24.3 Å². The number of carbonyl (C=O) groups excluding carboxylic acids is 1. The van der Waals surface area contributed by atoms with Crippen molar-refractivity contribution in [3.63, 3.8) is 0 Å². The van der Waals surface area contributed by atoms with Crippen molar-refractivity contribution in [2.45, 2.75) is 33.2 Å². The van der Waals surface area contributed by atoms with Crippen LogP contribution in [0.4, 0.5) is 5.69 Å². The second-order valence-corrected chi connectivity index (χ2v) is 8.68. The predicted octanol–water partition coefficient (Wildman–Crippen LogP) is 2.79. The number of hydrogen-bond acceptors (Lipinski definition) is 4. The zero-order valence-corrected chi connectivity index (χ0v) is 19.1. The molecule has 0 amide bonds. The molecule has 1 atom stereocenters. The molecule has 166 valence electrons. The van der Waals surface area contributed by atoms with Crippen LogP contribution in [0.1, 0.15) is 53.9 Å². The molecule has 1 unspecified atom stereocenters. The number of likely N-dealkylation sites (N-methyl/N-ethyl adjacent to an activating group) is 1. The van der Waals surface area contributed by atoms with Gasteiger partial charge in [0.15, 0.2) is 0 Å². The predicted molar refractivity (Wildman–Crippen MR) is 129 cm³/mol. The van der Waals surface area contributed by atoms with E-state index in [-0.39, 0.29) is 5.56 Å². The number of carboxylic acids is 1. The van der Waals surface area contributed by atoms with Gasteiger partial charge in [-0.2, -0.15) is 0 Å².